The van der Waals surface area contributed by atoms with E-state index in [1.807, 2.05) is 11.8 Å². The summed E-state index contributed by atoms with van der Waals surface area (Å²) in [5.41, 5.74) is 0. The van der Waals surface area contributed by atoms with E-state index in [2.05, 4.69) is 18.9 Å². The number of hydrogen-bond donors (Lipinski definition) is 0. The minimum atomic E-state index is 0.704. The summed E-state index contributed by atoms with van der Waals surface area (Å²) < 4.78 is 0. The third kappa shape index (κ3) is 9.90. The Kier molecular flexibility index (Phi) is 10.0. The molecule has 0 unspecified atom stereocenters. The lowest BCUT2D eigenvalue weighted by atomic mass is 10.4. The summed E-state index contributed by atoms with van der Waals surface area (Å²) in [6.07, 6.45) is 4.17. The first-order valence-electron chi connectivity index (χ1n) is 5.01. The molecule has 13 heavy (non-hydrogen) atoms. The number of thioether (sulfide) groups is 1. The molecule has 0 radical (unpaired) electrons. The van der Waals surface area contributed by atoms with Crippen molar-refractivity contribution < 1.29 is 4.79 Å². The van der Waals surface area contributed by atoms with Crippen molar-refractivity contribution >= 4 is 18.0 Å². The monoisotopic (exact) mass is 203 g/mol. The molecule has 0 saturated heterocycles. The van der Waals surface area contributed by atoms with Gasteiger partial charge in [-0.2, -0.15) is 11.8 Å². The van der Waals surface area contributed by atoms with Crippen molar-refractivity contribution in [2.24, 2.45) is 0 Å². The first kappa shape index (κ1) is 13.0. The molecule has 0 N–H and O–H groups in total. The van der Waals surface area contributed by atoms with Crippen molar-refractivity contribution in [3.05, 3.63) is 0 Å². The van der Waals surface area contributed by atoms with E-state index in [9.17, 15) is 4.79 Å². The van der Waals surface area contributed by atoms with Crippen molar-refractivity contribution in [3.8, 4) is 0 Å². The minimum absolute atomic E-state index is 0.704. The van der Waals surface area contributed by atoms with Crippen LogP contribution in [0, 0.1) is 0 Å². The van der Waals surface area contributed by atoms with E-state index in [4.69, 9.17) is 0 Å². The molecular weight excluding hydrogens is 182 g/mol. The van der Waals surface area contributed by atoms with Crippen LogP contribution >= 0.6 is 11.8 Å². The van der Waals surface area contributed by atoms with Gasteiger partial charge < -0.3 is 9.69 Å². The highest BCUT2D eigenvalue weighted by molar-refractivity contribution is 7.99. The second-order valence-electron chi connectivity index (χ2n) is 3.22. The fourth-order valence-electron chi connectivity index (χ4n) is 1.16. The second kappa shape index (κ2) is 10.1. The summed E-state index contributed by atoms with van der Waals surface area (Å²) >= 11 is 1.88. The molecule has 0 aliphatic heterocycles. The molecular formula is C10H21NOS. The predicted octanol–water partition coefficient (Wildman–Crippen LogP) is 2.04. The van der Waals surface area contributed by atoms with Crippen molar-refractivity contribution in [2.45, 2.75) is 26.2 Å². The Labute approximate surface area is 86.1 Å². The number of nitrogens with zero attached hydrogens (tertiary/aromatic N) is 1. The fourth-order valence-corrected chi connectivity index (χ4v) is 1.96. The number of rotatable bonds is 9. The molecule has 0 heterocycles. The average Bonchev–Trinajstić information content (AvgIpc) is 2.11. The molecule has 0 aliphatic carbocycles. The van der Waals surface area contributed by atoms with Crippen molar-refractivity contribution in [2.75, 3.05) is 31.6 Å². The maximum atomic E-state index is 10.0. The smallest absolute Gasteiger partial charge is 0.120 e. The van der Waals surface area contributed by atoms with Crippen LogP contribution in [-0.2, 0) is 4.79 Å². The summed E-state index contributed by atoms with van der Waals surface area (Å²) in [5, 5.41) is 0. The molecule has 0 aliphatic rings. The van der Waals surface area contributed by atoms with Crippen molar-refractivity contribution in [1.29, 1.82) is 0 Å². The zero-order chi connectivity index (χ0) is 9.94. The van der Waals surface area contributed by atoms with Crippen LogP contribution in [0.4, 0.5) is 0 Å². The van der Waals surface area contributed by atoms with Crippen LogP contribution in [-0.4, -0.2) is 42.8 Å². The lowest BCUT2D eigenvalue weighted by Crippen LogP contribution is -2.20. The highest BCUT2D eigenvalue weighted by Gasteiger charge is 1.95. The highest BCUT2D eigenvalue weighted by Crippen LogP contribution is 2.03. The first-order valence-corrected chi connectivity index (χ1v) is 6.16. The molecule has 0 saturated carbocycles. The lowest BCUT2D eigenvalue weighted by molar-refractivity contribution is -0.107. The quantitative estimate of drug-likeness (QED) is 0.422. The normalized spacial score (nSPS) is 10.7. The van der Waals surface area contributed by atoms with E-state index in [-0.39, 0.29) is 0 Å². The van der Waals surface area contributed by atoms with Crippen LogP contribution < -0.4 is 0 Å². The third-order valence-corrected chi connectivity index (χ3v) is 2.92. The summed E-state index contributed by atoms with van der Waals surface area (Å²) in [6.45, 7) is 4.58. The van der Waals surface area contributed by atoms with E-state index in [1.165, 1.54) is 31.7 Å². The minimum Gasteiger partial charge on any atom is -0.306 e. The van der Waals surface area contributed by atoms with Gasteiger partial charge in [0.05, 0.1) is 0 Å². The van der Waals surface area contributed by atoms with Gasteiger partial charge in [-0.1, -0.05) is 6.92 Å². The summed E-state index contributed by atoms with van der Waals surface area (Å²) in [6, 6.07) is 0. The highest BCUT2D eigenvalue weighted by atomic mass is 32.2. The van der Waals surface area contributed by atoms with E-state index in [0.29, 0.717) is 6.42 Å². The number of hydrogen-bond acceptors (Lipinski definition) is 3. The molecule has 0 spiro atoms. The summed E-state index contributed by atoms with van der Waals surface area (Å²) in [4.78, 5) is 12.4. The molecule has 3 heteroatoms. The molecule has 0 bridgehead atoms. The fraction of sp³-hybridized carbons (Fsp3) is 0.900. The molecule has 0 fully saturated rings. The Morgan fingerprint density at radius 3 is 2.69 bits per heavy atom. The van der Waals surface area contributed by atoms with Gasteiger partial charge in [-0.15, -0.1) is 0 Å². The molecule has 0 amide bonds. The van der Waals surface area contributed by atoms with E-state index in [0.717, 1.165) is 12.0 Å². The number of aldehydes is 1. The zero-order valence-corrected chi connectivity index (χ0v) is 9.61. The second-order valence-corrected chi connectivity index (χ2v) is 4.45. The van der Waals surface area contributed by atoms with Gasteiger partial charge in [-0.25, -0.2) is 0 Å². The molecule has 0 rings (SSSR count). The zero-order valence-electron chi connectivity index (χ0n) is 8.79. The molecule has 2 nitrogen and oxygen atoms in total. The Bertz CT molecular complexity index is 119. The summed E-state index contributed by atoms with van der Waals surface area (Å²) in [5.74, 6) is 2.17. The van der Waals surface area contributed by atoms with Gasteiger partial charge in [0.1, 0.15) is 6.29 Å². The van der Waals surface area contributed by atoms with E-state index < -0.39 is 0 Å². The molecule has 0 atom stereocenters. The molecule has 0 aromatic heterocycles. The van der Waals surface area contributed by atoms with Crippen LogP contribution in [0.1, 0.15) is 26.2 Å². The van der Waals surface area contributed by atoms with Crippen LogP contribution in [0.5, 0.6) is 0 Å². The van der Waals surface area contributed by atoms with Gasteiger partial charge in [-0.05, 0) is 44.5 Å². The predicted molar refractivity (Wildman–Crippen MR) is 60.4 cm³/mol. The Morgan fingerprint density at radius 1 is 1.31 bits per heavy atom. The van der Waals surface area contributed by atoms with Crippen LogP contribution in [0.2, 0.25) is 0 Å². The van der Waals surface area contributed by atoms with Crippen LogP contribution in [0.25, 0.3) is 0 Å². The van der Waals surface area contributed by atoms with E-state index >= 15 is 0 Å². The summed E-state index contributed by atoms with van der Waals surface area (Å²) in [7, 11) is 2.17. The van der Waals surface area contributed by atoms with Gasteiger partial charge in [-0.3, -0.25) is 0 Å². The largest absolute Gasteiger partial charge is 0.306 e. The number of carbonyl (C=O) groups is 1. The topological polar surface area (TPSA) is 20.3 Å². The third-order valence-electron chi connectivity index (χ3n) is 1.81. The van der Waals surface area contributed by atoms with E-state index in [1.54, 1.807) is 0 Å². The van der Waals surface area contributed by atoms with Gasteiger partial charge in [0, 0.05) is 6.42 Å². The molecule has 78 valence electrons. The molecule has 0 aromatic carbocycles. The van der Waals surface area contributed by atoms with Crippen molar-refractivity contribution in [3.63, 3.8) is 0 Å². The Morgan fingerprint density at radius 2 is 2.08 bits per heavy atom. The Hall–Kier alpha value is -0.0200. The Balaban J connectivity index is 3.01. The van der Waals surface area contributed by atoms with Gasteiger partial charge in [0.15, 0.2) is 0 Å². The maximum absolute atomic E-state index is 10.0. The maximum Gasteiger partial charge on any atom is 0.120 e. The standard InChI is InChI=1S/C10H21NOS/c1-3-6-11(2)7-4-9-13-10-5-8-12/h8H,3-7,9-10H2,1-2H3. The number of carbonyl (C=O) groups excluding carboxylic acids is 1. The van der Waals surface area contributed by atoms with Crippen LogP contribution in [0.15, 0.2) is 0 Å². The van der Waals surface area contributed by atoms with Crippen molar-refractivity contribution in [1.82, 2.24) is 4.90 Å². The van der Waals surface area contributed by atoms with Gasteiger partial charge >= 0.3 is 0 Å². The van der Waals surface area contributed by atoms with Crippen LogP contribution in [0.3, 0.4) is 0 Å². The van der Waals surface area contributed by atoms with Gasteiger partial charge in [0.2, 0.25) is 0 Å². The SMILES string of the molecule is CCCN(C)CCCSCCC=O. The molecule has 0 aromatic rings. The lowest BCUT2D eigenvalue weighted by Gasteiger charge is -2.14. The first-order chi connectivity index (χ1) is 6.31. The average molecular weight is 203 g/mol. The van der Waals surface area contributed by atoms with Gasteiger partial charge in [0.25, 0.3) is 0 Å².